The van der Waals surface area contributed by atoms with Crippen LogP contribution in [0.1, 0.15) is 16.1 Å². The molecular formula is C17H15N5O. The van der Waals surface area contributed by atoms with E-state index in [-0.39, 0.29) is 5.91 Å². The van der Waals surface area contributed by atoms with Crippen LogP contribution in [0.2, 0.25) is 0 Å². The summed E-state index contributed by atoms with van der Waals surface area (Å²) in [6.07, 6.45) is 3.26. The predicted molar refractivity (Wildman–Crippen MR) is 88.7 cm³/mol. The Bertz CT molecular complexity index is 803. The third-order valence-corrected chi connectivity index (χ3v) is 3.13. The molecule has 0 fully saturated rings. The van der Waals surface area contributed by atoms with Crippen LogP contribution in [-0.2, 0) is 0 Å². The molecule has 0 atom stereocenters. The van der Waals surface area contributed by atoms with Crippen LogP contribution < -0.4 is 10.6 Å². The van der Waals surface area contributed by atoms with Gasteiger partial charge >= 0.3 is 0 Å². The number of benzene rings is 1. The minimum absolute atomic E-state index is 0.185. The maximum absolute atomic E-state index is 12.3. The van der Waals surface area contributed by atoms with Gasteiger partial charge in [-0.3, -0.25) is 9.78 Å². The molecule has 3 aromatic rings. The second-order valence-electron chi connectivity index (χ2n) is 4.96. The van der Waals surface area contributed by atoms with Gasteiger partial charge in [0.1, 0.15) is 0 Å². The number of pyridine rings is 1. The lowest BCUT2D eigenvalue weighted by molar-refractivity contribution is 0.102. The molecule has 23 heavy (non-hydrogen) atoms. The molecule has 0 aliphatic heterocycles. The van der Waals surface area contributed by atoms with Gasteiger partial charge in [0, 0.05) is 29.3 Å². The molecule has 3 rings (SSSR count). The summed E-state index contributed by atoms with van der Waals surface area (Å²) in [6, 6.07) is 14.4. The monoisotopic (exact) mass is 305 g/mol. The quantitative estimate of drug-likeness (QED) is 0.774. The molecule has 0 unspecified atom stereocenters. The largest absolute Gasteiger partial charge is 0.339 e. The van der Waals surface area contributed by atoms with Crippen LogP contribution >= 0.6 is 0 Å². The first kappa shape index (κ1) is 14.6. The Kier molecular flexibility index (Phi) is 4.24. The van der Waals surface area contributed by atoms with E-state index in [2.05, 4.69) is 25.8 Å². The smallest absolute Gasteiger partial charge is 0.255 e. The second-order valence-corrected chi connectivity index (χ2v) is 4.96. The number of hydrogen-bond donors (Lipinski definition) is 2. The van der Waals surface area contributed by atoms with Gasteiger partial charge in [0.2, 0.25) is 0 Å². The number of nitrogens with zero attached hydrogens (tertiary/aromatic N) is 3. The predicted octanol–water partition coefficient (Wildman–Crippen LogP) is 3.18. The zero-order chi connectivity index (χ0) is 16.1. The Balaban J connectivity index is 1.74. The van der Waals surface area contributed by atoms with E-state index in [9.17, 15) is 4.79 Å². The van der Waals surface area contributed by atoms with Crippen molar-refractivity contribution in [1.29, 1.82) is 0 Å². The number of carbonyl (C=O) groups excluding carboxylic acids is 1. The van der Waals surface area contributed by atoms with Crippen LogP contribution in [0.15, 0.2) is 60.9 Å². The first-order chi connectivity index (χ1) is 11.2. The summed E-state index contributed by atoms with van der Waals surface area (Å²) in [4.78, 5) is 16.2. The van der Waals surface area contributed by atoms with Crippen LogP contribution in [0.3, 0.4) is 0 Å². The maximum atomic E-state index is 12.3. The molecule has 0 aliphatic carbocycles. The fourth-order valence-corrected chi connectivity index (χ4v) is 1.99. The van der Waals surface area contributed by atoms with E-state index in [1.807, 2.05) is 31.2 Å². The van der Waals surface area contributed by atoms with Crippen molar-refractivity contribution in [3.05, 3.63) is 72.2 Å². The van der Waals surface area contributed by atoms with Gasteiger partial charge in [-0.2, -0.15) is 5.10 Å². The molecular weight excluding hydrogens is 290 g/mol. The third-order valence-electron chi connectivity index (χ3n) is 3.13. The summed E-state index contributed by atoms with van der Waals surface area (Å²) >= 11 is 0. The molecule has 0 spiro atoms. The standard InChI is InChI=1S/C17H15N5O/c1-12-5-6-16(22-21-12)19-15-4-2-3-13(11-15)17(23)20-14-7-9-18-10-8-14/h2-11H,1H3,(H,19,22)(H,18,20,23). The molecule has 2 aromatic heterocycles. The van der Waals surface area contributed by atoms with E-state index in [0.717, 1.165) is 11.4 Å². The normalized spacial score (nSPS) is 10.1. The van der Waals surface area contributed by atoms with Crippen LogP contribution in [0.5, 0.6) is 0 Å². The zero-order valence-electron chi connectivity index (χ0n) is 12.5. The van der Waals surface area contributed by atoms with Gasteiger partial charge in [-0.1, -0.05) is 6.07 Å². The molecule has 1 amide bonds. The Morgan fingerprint density at radius 2 is 1.78 bits per heavy atom. The van der Waals surface area contributed by atoms with Crippen molar-refractivity contribution < 1.29 is 4.79 Å². The van der Waals surface area contributed by atoms with Gasteiger partial charge in [0.15, 0.2) is 5.82 Å². The number of carbonyl (C=O) groups is 1. The van der Waals surface area contributed by atoms with E-state index in [1.165, 1.54) is 0 Å². The Hall–Kier alpha value is -3.28. The van der Waals surface area contributed by atoms with Crippen molar-refractivity contribution in [1.82, 2.24) is 15.2 Å². The fraction of sp³-hybridized carbons (Fsp3) is 0.0588. The van der Waals surface area contributed by atoms with Crippen molar-refractivity contribution in [2.75, 3.05) is 10.6 Å². The molecule has 0 radical (unpaired) electrons. The molecule has 0 saturated carbocycles. The highest BCUT2D eigenvalue weighted by Gasteiger charge is 2.07. The van der Waals surface area contributed by atoms with Crippen LogP contribution in [0.4, 0.5) is 17.2 Å². The lowest BCUT2D eigenvalue weighted by Crippen LogP contribution is -2.12. The maximum Gasteiger partial charge on any atom is 0.255 e. The van der Waals surface area contributed by atoms with Crippen LogP contribution in [0, 0.1) is 6.92 Å². The van der Waals surface area contributed by atoms with Crippen molar-refractivity contribution >= 4 is 23.1 Å². The molecule has 0 saturated heterocycles. The highest BCUT2D eigenvalue weighted by molar-refractivity contribution is 6.04. The van der Waals surface area contributed by atoms with Crippen LogP contribution in [0.25, 0.3) is 0 Å². The van der Waals surface area contributed by atoms with E-state index in [0.29, 0.717) is 17.1 Å². The lowest BCUT2D eigenvalue weighted by Gasteiger charge is -2.08. The molecule has 114 valence electrons. The summed E-state index contributed by atoms with van der Waals surface area (Å²) in [5.41, 5.74) is 2.87. The third kappa shape index (κ3) is 3.88. The van der Waals surface area contributed by atoms with E-state index < -0.39 is 0 Å². The Morgan fingerprint density at radius 1 is 0.957 bits per heavy atom. The van der Waals surface area contributed by atoms with Gasteiger partial charge in [-0.15, -0.1) is 5.10 Å². The molecule has 0 aliphatic rings. The summed E-state index contributed by atoms with van der Waals surface area (Å²) in [6.45, 7) is 1.88. The van der Waals surface area contributed by atoms with E-state index in [4.69, 9.17) is 0 Å². The lowest BCUT2D eigenvalue weighted by atomic mass is 10.2. The zero-order valence-corrected chi connectivity index (χ0v) is 12.5. The average Bonchev–Trinajstić information content (AvgIpc) is 2.58. The summed E-state index contributed by atoms with van der Waals surface area (Å²) in [7, 11) is 0. The molecule has 2 heterocycles. The van der Waals surface area contributed by atoms with Crippen molar-refractivity contribution in [2.24, 2.45) is 0 Å². The van der Waals surface area contributed by atoms with Crippen molar-refractivity contribution in [2.45, 2.75) is 6.92 Å². The van der Waals surface area contributed by atoms with Gasteiger partial charge in [-0.25, -0.2) is 0 Å². The SMILES string of the molecule is Cc1ccc(Nc2cccc(C(=O)Nc3ccncc3)c2)nn1. The fourth-order valence-electron chi connectivity index (χ4n) is 1.99. The number of rotatable bonds is 4. The molecule has 0 bridgehead atoms. The first-order valence-corrected chi connectivity index (χ1v) is 7.09. The minimum Gasteiger partial charge on any atom is -0.339 e. The average molecular weight is 305 g/mol. The highest BCUT2D eigenvalue weighted by Crippen LogP contribution is 2.16. The first-order valence-electron chi connectivity index (χ1n) is 7.09. The number of aryl methyl sites for hydroxylation is 1. The van der Waals surface area contributed by atoms with Crippen LogP contribution in [-0.4, -0.2) is 21.1 Å². The van der Waals surface area contributed by atoms with Gasteiger partial charge < -0.3 is 10.6 Å². The van der Waals surface area contributed by atoms with E-state index in [1.54, 1.807) is 36.7 Å². The van der Waals surface area contributed by atoms with Crippen molar-refractivity contribution in [3.63, 3.8) is 0 Å². The number of amides is 1. The van der Waals surface area contributed by atoms with Gasteiger partial charge in [-0.05, 0) is 49.4 Å². The molecule has 6 nitrogen and oxygen atoms in total. The second kappa shape index (κ2) is 6.65. The number of aromatic nitrogens is 3. The summed E-state index contributed by atoms with van der Waals surface area (Å²) < 4.78 is 0. The van der Waals surface area contributed by atoms with Crippen molar-refractivity contribution in [3.8, 4) is 0 Å². The Morgan fingerprint density at radius 3 is 2.52 bits per heavy atom. The minimum atomic E-state index is -0.185. The highest BCUT2D eigenvalue weighted by atomic mass is 16.1. The molecule has 6 heteroatoms. The number of hydrogen-bond acceptors (Lipinski definition) is 5. The summed E-state index contributed by atoms with van der Waals surface area (Å²) in [5.74, 6) is 0.442. The van der Waals surface area contributed by atoms with Gasteiger partial charge in [0.05, 0.1) is 5.69 Å². The number of nitrogens with one attached hydrogen (secondary N) is 2. The number of anilines is 3. The topological polar surface area (TPSA) is 79.8 Å². The Labute approximate surface area is 133 Å². The molecule has 1 aromatic carbocycles. The molecule has 2 N–H and O–H groups in total. The van der Waals surface area contributed by atoms with Gasteiger partial charge in [0.25, 0.3) is 5.91 Å². The summed E-state index contributed by atoms with van der Waals surface area (Å²) in [5, 5.41) is 14.0. The van der Waals surface area contributed by atoms with E-state index >= 15 is 0 Å².